The summed E-state index contributed by atoms with van der Waals surface area (Å²) in [5.74, 6) is 0.894. The van der Waals surface area contributed by atoms with Crippen LogP contribution in [0.2, 0.25) is 5.02 Å². The maximum atomic E-state index is 6.42. The Morgan fingerprint density at radius 2 is 2.05 bits per heavy atom. The molecule has 0 spiro atoms. The van der Waals surface area contributed by atoms with Gasteiger partial charge >= 0.3 is 0 Å². The molecule has 0 bridgehead atoms. The molecular weight excluding hydrogens is 286 g/mol. The van der Waals surface area contributed by atoms with Crippen LogP contribution in [0.4, 0.5) is 5.82 Å². The number of piperidine rings is 1. The summed E-state index contributed by atoms with van der Waals surface area (Å²) in [5.41, 5.74) is 1.21. The summed E-state index contributed by atoms with van der Waals surface area (Å²) in [6, 6.07) is 2.02. The van der Waals surface area contributed by atoms with Crippen molar-refractivity contribution in [2.45, 2.75) is 51.8 Å². The topological polar surface area (TPSA) is 37.4 Å². The SMILES string of the molecule is COC1CCN(c2ncc(CNC(C)(C)C)cc2Cl)CC1. The van der Waals surface area contributed by atoms with E-state index in [1.807, 2.05) is 12.3 Å². The van der Waals surface area contributed by atoms with Gasteiger partial charge in [0.15, 0.2) is 0 Å². The van der Waals surface area contributed by atoms with Crippen LogP contribution in [-0.2, 0) is 11.3 Å². The molecule has 0 unspecified atom stereocenters. The van der Waals surface area contributed by atoms with E-state index in [1.165, 1.54) is 0 Å². The van der Waals surface area contributed by atoms with Crippen LogP contribution in [0.25, 0.3) is 0 Å². The van der Waals surface area contributed by atoms with Gasteiger partial charge in [-0.3, -0.25) is 0 Å². The van der Waals surface area contributed by atoms with Gasteiger partial charge in [-0.25, -0.2) is 4.98 Å². The van der Waals surface area contributed by atoms with Crippen LogP contribution in [-0.4, -0.2) is 36.8 Å². The van der Waals surface area contributed by atoms with E-state index in [1.54, 1.807) is 7.11 Å². The fourth-order valence-electron chi connectivity index (χ4n) is 2.47. The smallest absolute Gasteiger partial charge is 0.147 e. The molecule has 0 aromatic carbocycles. The molecule has 118 valence electrons. The van der Waals surface area contributed by atoms with Gasteiger partial charge < -0.3 is 15.0 Å². The van der Waals surface area contributed by atoms with Crippen molar-refractivity contribution in [1.29, 1.82) is 0 Å². The Morgan fingerprint density at radius 1 is 1.38 bits per heavy atom. The Bertz CT molecular complexity index is 465. The molecule has 1 aliphatic heterocycles. The minimum Gasteiger partial charge on any atom is -0.381 e. The Labute approximate surface area is 132 Å². The van der Waals surface area contributed by atoms with Crippen molar-refractivity contribution in [3.8, 4) is 0 Å². The number of rotatable bonds is 4. The number of hydrogen-bond donors (Lipinski definition) is 1. The van der Waals surface area contributed by atoms with E-state index in [9.17, 15) is 0 Å². The number of hydrogen-bond acceptors (Lipinski definition) is 4. The van der Waals surface area contributed by atoms with Gasteiger partial charge in [0.25, 0.3) is 0 Å². The van der Waals surface area contributed by atoms with Gasteiger partial charge in [-0.2, -0.15) is 0 Å². The molecule has 2 rings (SSSR count). The summed E-state index contributed by atoms with van der Waals surface area (Å²) in [5, 5.41) is 4.18. The van der Waals surface area contributed by atoms with Crippen LogP contribution in [0.15, 0.2) is 12.3 Å². The highest BCUT2D eigenvalue weighted by Gasteiger charge is 2.21. The second-order valence-electron chi connectivity index (χ2n) is 6.67. The molecular formula is C16H26ClN3O. The van der Waals surface area contributed by atoms with Crippen molar-refractivity contribution in [3.63, 3.8) is 0 Å². The third-order valence-electron chi connectivity index (χ3n) is 3.78. The highest BCUT2D eigenvalue weighted by molar-refractivity contribution is 6.33. The summed E-state index contributed by atoms with van der Waals surface area (Å²) in [4.78, 5) is 6.82. The first-order valence-electron chi connectivity index (χ1n) is 7.56. The number of methoxy groups -OCH3 is 1. The van der Waals surface area contributed by atoms with Crippen LogP contribution in [0.1, 0.15) is 39.2 Å². The van der Waals surface area contributed by atoms with Gasteiger partial charge in [-0.05, 0) is 45.2 Å². The summed E-state index contributed by atoms with van der Waals surface area (Å²) >= 11 is 6.42. The van der Waals surface area contributed by atoms with Gasteiger partial charge in [0.05, 0.1) is 11.1 Å². The van der Waals surface area contributed by atoms with Gasteiger partial charge in [0.2, 0.25) is 0 Å². The molecule has 1 aromatic heterocycles. The Morgan fingerprint density at radius 3 is 2.57 bits per heavy atom. The fourth-order valence-corrected chi connectivity index (χ4v) is 2.78. The largest absolute Gasteiger partial charge is 0.381 e. The second-order valence-corrected chi connectivity index (χ2v) is 7.08. The highest BCUT2D eigenvalue weighted by atomic mass is 35.5. The first-order chi connectivity index (χ1) is 9.89. The highest BCUT2D eigenvalue weighted by Crippen LogP contribution is 2.27. The summed E-state index contributed by atoms with van der Waals surface area (Å²) in [7, 11) is 1.78. The number of halogens is 1. The monoisotopic (exact) mass is 311 g/mol. The Hall–Kier alpha value is -0.840. The van der Waals surface area contributed by atoms with E-state index in [2.05, 4.69) is 36.0 Å². The van der Waals surface area contributed by atoms with E-state index in [0.29, 0.717) is 6.10 Å². The standard InChI is InChI=1S/C16H26ClN3O/c1-16(2,3)19-11-12-9-14(17)15(18-10-12)20-7-5-13(21-4)6-8-20/h9-10,13,19H,5-8,11H2,1-4H3. The normalized spacial score (nSPS) is 17.3. The molecule has 0 amide bonds. The first kappa shape index (κ1) is 16.5. The number of pyridine rings is 1. The number of nitrogens with zero attached hydrogens (tertiary/aromatic N) is 2. The maximum Gasteiger partial charge on any atom is 0.147 e. The minimum atomic E-state index is 0.0905. The number of anilines is 1. The molecule has 2 heterocycles. The summed E-state index contributed by atoms with van der Waals surface area (Å²) in [6.45, 7) is 9.13. The van der Waals surface area contributed by atoms with Crippen LogP contribution in [0.3, 0.4) is 0 Å². The van der Waals surface area contributed by atoms with Crippen LogP contribution in [0.5, 0.6) is 0 Å². The van der Waals surface area contributed by atoms with Crippen molar-refractivity contribution < 1.29 is 4.74 Å². The van der Waals surface area contributed by atoms with E-state index >= 15 is 0 Å². The molecule has 0 radical (unpaired) electrons. The number of ether oxygens (including phenoxy) is 1. The molecule has 1 aromatic rings. The lowest BCUT2D eigenvalue weighted by molar-refractivity contribution is 0.0818. The Balaban J connectivity index is 1.99. The van der Waals surface area contributed by atoms with E-state index in [0.717, 1.165) is 48.9 Å². The van der Waals surface area contributed by atoms with Crippen molar-refractivity contribution >= 4 is 17.4 Å². The average Bonchev–Trinajstić information content (AvgIpc) is 2.45. The number of nitrogens with one attached hydrogen (secondary N) is 1. The van der Waals surface area contributed by atoms with Crippen LogP contribution in [0, 0.1) is 0 Å². The third kappa shape index (κ3) is 4.83. The van der Waals surface area contributed by atoms with E-state index in [4.69, 9.17) is 16.3 Å². The molecule has 0 atom stereocenters. The molecule has 0 saturated carbocycles. The van der Waals surface area contributed by atoms with E-state index in [-0.39, 0.29) is 5.54 Å². The minimum absolute atomic E-state index is 0.0905. The van der Waals surface area contributed by atoms with Crippen molar-refractivity contribution in [3.05, 3.63) is 22.8 Å². The molecule has 0 aliphatic carbocycles. The van der Waals surface area contributed by atoms with Gasteiger partial charge in [-0.15, -0.1) is 0 Å². The molecule has 4 nitrogen and oxygen atoms in total. The zero-order valence-electron chi connectivity index (χ0n) is 13.4. The maximum absolute atomic E-state index is 6.42. The van der Waals surface area contributed by atoms with Gasteiger partial charge in [0.1, 0.15) is 5.82 Å². The third-order valence-corrected chi connectivity index (χ3v) is 4.05. The lowest BCUT2D eigenvalue weighted by Crippen LogP contribution is -2.37. The zero-order valence-corrected chi connectivity index (χ0v) is 14.2. The fraction of sp³-hybridized carbons (Fsp3) is 0.688. The first-order valence-corrected chi connectivity index (χ1v) is 7.94. The van der Waals surface area contributed by atoms with Crippen molar-refractivity contribution in [2.24, 2.45) is 0 Å². The predicted molar refractivity (Wildman–Crippen MR) is 88.1 cm³/mol. The van der Waals surface area contributed by atoms with Crippen molar-refractivity contribution in [1.82, 2.24) is 10.3 Å². The summed E-state index contributed by atoms with van der Waals surface area (Å²) in [6.07, 6.45) is 4.35. The van der Waals surface area contributed by atoms with Crippen LogP contribution >= 0.6 is 11.6 Å². The molecule has 1 N–H and O–H groups in total. The van der Waals surface area contributed by atoms with Crippen molar-refractivity contribution in [2.75, 3.05) is 25.1 Å². The lowest BCUT2D eigenvalue weighted by atomic mass is 10.1. The van der Waals surface area contributed by atoms with Gasteiger partial charge in [0, 0.05) is 38.5 Å². The van der Waals surface area contributed by atoms with Crippen LogP contribution < -0.4 is 10.2 Å². The molecule has 1 aliphatic rings. The molecule has 5 heteroatoms. The lowest BCUT2D eigenvalue weighted by Gasteiger charge is -2.32. The van der Waals surface area contributed by atoms with E-state index < -0.39 is 0 Å². The molecule has 21 heavy (non-hydrogen) atoms. The van der Waals surface area contributed by atoms with Gasteiger partial charge in [-0.1, -0.05) is 11.6 Å². The second kappa shape index (κ2) is 6.95. The number of aromatic nitrogens is 1. The molecule has 1 fully saturated rings. The average molecular weight is 312 g/mol. The quantitative estimate of drug-likeness (QED) is 0.926. The predicted octanol–water partition coefficient (Wildman–Crippen LogP) is 3.24. The molecule has 1 saturated heterocycles. The summed E-state index contributed by atoms with van der Waals surface area (Å²) < 4.78 is 5.40. The zero-order chi connectivity index (χ0) is 15.5. The Kier molecular flexibility index (Phi) is 5.47.